The number of nitro groups is 1. The van der Waals surface area contributed by atoms with Crippen LogP contribution in [0.25, 0.3) is 0 Å². The van der Waals surface area contributed by atoms with Crippen LogP contribution in [0.1, 0.15) is 12.8 Å². The predicted octanol–water partition coefficient (Wildman–Crippen LogP) is 3.23. The van der Waals surface area contributed by atoms with E-state index in [0.29, 0.717) is 6.42 Å². The van der Waals surface area contributed by atoms with Gasteiger partial charge in [-0.3, -0.25) is 14.9 Å². The molecule has 8 heteroatoms. The minimum absolute atomic E-state index is 0.0766. The first-order valence-corrected chi connectivity index (χ1v) is 9.22. The number of para-hydroxylation sites is 2. The third kappa shape index (κ3) is 5.43. The number of hydrogen-bond acceptors (Lipinski definition) is 6. The van der Waals surface area contributed by atoms with Gasteiger partial charge in [-0.05, 0) is 36.8 Å². The van der Waals surface area contributed by atoms with Crippen LogP contribution in [0.2, 0.25) is 0 Å². The number of ether oxygens (including phenoxy) is 2. The SMILES string of the molecule is O=C(CCCOc1ccccc1[N+](=O)[O-])Nc1ccc(N2CCOCC2)cc1. The second kappa shape index (κ2) is 9.70. The molecule has 0 bridgehead atoms. The third-order valence-electron chi connectivity index (χ3n) is 4.39. The van der Waals surface area contributed by atoms with Gasteiger partial charge in [0.2, 0.25) is 5.91 Å². The summed E-state index contributed by atoms with van der Waals surface area (Å²) in [7, 11) is 0. The van der Waals surface area contributed by atoms with Crippen molar-refractivity contribution >= 4 is 23.0 Å². The molecule has 0 aliphatic carbocycles. The number of morpholine rings is 1. The molecule has 0 saturated carbocycles. The van der Waals surface area contributed by atoms with E-state index in [1.165, 1.54) is 6.07 Å². The van der Waals surface area contributed by atoms with Crippen LogP contribution >= 0.6 is 0 Å². The molecule has 0 radical (unpaired) electrons. The Balaban J connectivity index is 1.41. The Bertz CT molecular complexity index is 804. The molecule has 3 rings (SSSR count). The number of amides is 1. The van der Waals surface area contributed by atoms with Gasteiger partial charge in [-0.1, -0.05) is 12.1 Å². The Morgan fingerprint density at radius 2 is 1.86 bits per heavy atom. The minimum atomic E-state index is -0.484. The smallest absolute Gasteiger partial charge is 0.310 e. The van der Waals surface area contributed by atoms with Gasteiger partial charge in [0.25, 0.3) is 0 Å². The number of rotatable bonds is 8. The zero-order valence-electron chi connectivity index (χ0n) is 15.5. The average molecular weight is 385 g/mol. The maximum absolute atomic E-state index is 12.1. The minimum Gasteiger partial charge on any atom is -0.487 e. The molecule has 1 heterocycles. The molecule has 1 saturated heterocycles. The van der Waals surface area contributed by atoms with Crippen molar-refractivity contribution in [3.05, 3.63) is 58.6 Å². The van der Waals surface area contributed by atoms with Gasteiger partial charge in [0.15, 0.2) is 5.75 Å². The average Bonchev–Trinajstić information content (AvgIpc) is 2.72. The van der Waals surface area contributed by atoms with Gasteiger partial charge < -0.3 is 19.7 Å². The monoisotopic (exact) mass is 385 g/mol. The van der Waals surface area contributed by atoms with Crippen LogP contribution < -0.4 is 15.0 Å². The Morgan fingerprint density at radius 1 is 1.14 bits per heavy atom. The fraction of sp³-hybridized carbons (Fsp3) is 0.350. The molecule has 2 aromatic rings. The highest BCUT2D eigenvalue weighted by Crippen LogP contribution is 2.26. The van der Waals surface area contributed by atoms with E-state index in [1.54, 1.807) is 18.2 Å². The lowest BCUT2D eigenvalue weighted by Crippen LogP contribution is -2.36. The highest BCUT2D eigenvalue weighted by atomic mass is 16.6. The predicted molar refractivity (Wildman–Crippen MR) is 106 cm³/mol. The summed E-state index contributed by atoms with van der Waals surface area (Å²) in [5.41, 5.74) is 1.77. The summed E-state index contributed by atoms with van der Waals surface area (Å²) >= 11 is 0. The fourth-order valence-corrected chi connectivity index (χ4v) is 2.95. The summed E-state index contributed by atoms with van der Waals surface area (Å²) < 4.78 is 10.8. The molecule has 1 fully saturated rings. The molecule has 1 amide bonds. The van der Waals surface area contributed by atoms with E-state index in [9.17, 15) is 14.9 Å². The normalized spacial score (nSPS) is 13.8. The van der Waals surface area contributed by atoms with Crippen molar-refractivity contribution in [1.29, 1.82) is 0 Å². The van der Waals surface area contributed by atoms with Crippen molar-refractivity contribution in [2.24, 2.45) is 0 Å². The first-order chi connectivity index (χ1) is 13.6. The van der Waals surface area contributed by atoms with E-state index < -0.39 is 4.92 Å². The van der Waals surface area contributed by atoms with E-state index in [-0.39, 0.29) is 30.4 Å². The van der Waals surface area contributed by atoms with Gasteiger partial charge in [0.05, 0.1) is 24.7 Å². The number of nitrogens with one attached hydrogen (secondary N) is 1. The van der Waals surface area contributed by atoms with Crippen molar-refractivity contribution < 1.29 is 19.2 Å². The van der Waals surface area contributed by atoms with Gasteiger partial charge in [-0.15, -0.1) is 0 Å². The summed E-state index contributed by atoms with van der Waals surface area (Å²) in [5.74, 6) is 0.0943. The summed E-state index contributed by atoms with van der Waals surface area (Å²) in [5, 5.41) is 13.8. The largest absolute Gasteiger partial charge is 0.487 e. The number of hydrogen-bond donors (Lipinski definition) is 1. The van der Waals surface area contributed by atoms with E-state index in [2.05, 4.69) is 10.2 Å². The Kier molecular flexibility index (Phi) is 6.80. The van der Waals surface area contributed by atoms with Crippen LogP contribution in [0.15, 0.2) is 48.5 Å². The molecular weight excluding hydrogens is 362 g/mol. The summed E-state index contributed by atoms with van der Waals surface area (Å²) in [4.78, 5) is 24.8. The van der Waals surface area contributed by atoms with E-state index in [1.807, 2.05) is 24.3 Å². The van der Waals surface area contributed by atoms with Gasteiger partial charge in [0, 0.05) is 37.0 Å². The van der Waals surface area contributed by atoms with Gasteiger partial charge in [0.1, 0.15) is 0 Å². The topological polar surface area (TPSA) is 93.9 Å². The molecule has 28 heavy (non-hydrogen) atoms. The molecule has 0 unspecified atom stereocenters. The number of anilines is 2. The first kappa shape index (κ1) is 19.6. The standard InChI is InChI=1S/C20H23N3O5/c24-20(6-3-13-28-19-5-2-1-4-18(19)23(25)26)21-16-7-9-17(10-8-16)22-11-14-27-15-12-22/h1-2,4-5,7-10H,3,6,11-15H2,(H,21,24). The van der Waals surface area contributed by atoms with Crippen LogP contribution in [-0.4, -0.2) is 43.7 Å². The molecule has 2 aromatic carbocycles. The zero-order chi connectivity index (χ0) is 19.8. The number of benzene rings is 2. The Hall–Kier alpha value is -3.13. The van der Waals surface area contributed by atoms with Crippen molar-refractivity contribution in [1.82, 2.24) is 0 Å². The first-order valence-electron chi connectivity index (χ1n) is 9.22. The molecule has 1 aliphatic heterocycles. The molecule has 1 N–H and O–H groups in total. The second-order valence-electron chi connectivity index (χ2n) is 6.37. The lowest BCUT2D eigenvalue weighted by atomic mass is 10.2. The molecule has 0 spiro atoms. The fourth-order valence-electron chi connectivity index (χ4n) is 2.95. The van der Waals surface area contributed by atoms with Crippen LogP contribution in [-0.2, 0) is 9.53 Å². The van der Waals surface area contributed by atoms with Crippen LogP contribution in [0.5, 0.6) is 5.75 Å². The number of carbonyl (C=O) groups excluding carboxylic acids is 1. The maximum atomic E-state index is 12.1. The zero-order valence-corrected chi connectivity index (χ0v) is 15.5. The Morgan fingerprint density at radius 3 is 2.57 bits per heavy atom. The van der Waals surface area contributed by atoms with Crippen LogP contribution in [0.3, 0.4) is 0 Å². The summed E-state index contributed by atoms with van der Waals surface area (Å²) in [6.45, 7) is 3.42. The molecule has 8 nitrogen and oxygen atoms in total. The van der Waals surface area contributed by atoms with Crippen molar-refractivity contribution in [3.63, 3.8) is 0 Å². The molecule has 1 aliphatic rings. The van der Waals surface area contributed by atoms with Gasteiger partial charge in [-0.2, -0.15) is 0 Å². The quantitative estimate of drug-likeness (QED) is 0.426. The van der Waals surface area contributed by atoms with Crippen molar-refractivity contribution in [3.8, 4) is 5.75 Å². The van der Waals surface area contributed by atoms with Crippen LogP contribution in [0.4, 0.5) is 17.1 Å². The van der Waals surface area contributed by atoms with E-state index in [0.717, 1.165) is 37.7 Å². The number of nitrogens with zero attached hydrogens (tertiary/aromatic N) is 2. The Labute approximate surface area is 163 Å². The number of nitro benzene ring substituents is 1. The lowest BCUT2D eigenvalue weighted by Gasteiger charge is -2.28. The van der Waals surface area contributed by atoms with Crippen molar-refractivity contribution in [2.75, 3.05) is 43.1 Å². The highest BCUT2D eigenvalue weighted by molar-refractivity contribution is 5.90. The van der Waals surface area contributed by atoms with E-state index in [4.69, 9.17) is 9.47 Å². The van der Waals surface area contributed by atoms with E-state index >= 15 is 0 Å². The molecular formula is C20H23N3O5. The van der Waals surface area contributed by atoms with Crippen LogP contribution in [0, 0.1) is 10.1 Å². The summed E-state index contributed by atoms with van der Waals surface area (Å²) in [6, 6.07) is 13.9. The van der Waals surface area contributed by atoms with Gasteiger partial charge in [-0.25, -0.2) is 0 Å². The molecule has 0 atom stereocenters. The van der Waals surface area contributed by atoms with Crippen molar-refractivity contribution in [2.45, 2.75) is 12.8 Å². The lowest BCUT2D eigenvalue weighted by molar-refractivity contribution is -0.385. The highest BCUT2D eigenvalue weighted by Gasteiger charge is 2.14. The molecule has 148 valence electrons. The summed E-state index contributed by atoms with van der Waals surface area (Å²) in [6.07, 6.45) is 0.732. The second-order valence-corrected chi connectivity index (χ2v) is 6.37. The molecule has 0 aromatic heterocycles. The third-order valence-corrected chi connectivity index (χ3v) is 4.39. The van der Waals surface area contributed by atoms with Gasteiger partial charge >= 0.3 is 5.69 Å². The maximum Gasteiger partial charge on any atom is 0.310 e. The number of carbonyl (C=O) groups is 1.